The number of amides is 1. The minimum absolute atomic E-state index is 0.00106. The van der Waals surface area contributed by atoms with Crippen LogP contribution in [0.5, 0.6) is 0 Å². The van der Waals surface area contributed by atoms with Crippen molar-refractivity contribution >= 4 is 23.3 Å². The molecule has 0 radical (unpaired) electrons. The highest BCUT2D eigenvalue weighted by Crippen LogP contribution is 2.35. The van der Waals surface area contributed by atoms with Crippen LogP contribution in [0.25, 0.3) is 0 Å². The molecular formula is C22H27N3O3. The number of para-hydroxylation sites is 1. The number of carbonyl (C=O) groups is 2. The van der Waals surface area contributed by atoms with Gasteiger partial charge >= 0.3 is 5.97 Å². The number of esters is 1. The van der Waals surface area contributed by atoms with Crippen LogP contribution in [0.15, 0.2) is 48.5 Å². The third kappa shape index (κ3) is 4.63. The summed E-state index contributed by atoms with van der Waals surface area (Å²) < 4.78 is 4.80. The molecule has 1 atom stereocenters. The number of benzene rings is 2. The third-order valence-electron chi connectivity index (χ3n) is 4.99. The zero-order valence-corrected chi connectivity index (χ0v) is 16.6. The van der Waals surface area contributed by atoms with Crippen molar-refractivity contribution < 1.29 is 14.3 Å². The predicted molar refractivity (Wildman–Crippen MR) is 111 cm³/mol. The standard InChI is InChI=1S/C22H27N3O3/c1-16(26)28-15-22(27)23-14-21(18-8-10-19(11-9-18)24(2)3)25-13-12-17-6-4-5-7-20(17)25/h4-11,21H,12-15H2,1-3H3,(H,23,27)/t21-/m0/s1. The van der Waals surface area contributed by atoms with Crippen LogP contribution in [0.4, 0.5) is 11.4 Å². The lowest BCUT2D eigenvalue weighted by Gasteiger charge is -2.31. The Morgan fingerprint density at radius 3 is 2.54 bits per heavy atom. The second-order valence-corrected chi connectivity index (χ2v) is 7.16. The lowest BCUT2D eigenvalue weighted by atomic mass is 10.0. The molecule has 1 N–H and O–H groups in total. The molecule has 0 saturated carbocycles. The van der Waals surface area contributed by atoms with Crippen LogP contribution in [-0.2, 0) is 20.7 Å². The third-order valence-corrected chi connectivity index (χ3v) is 4.99. The van der Waals surface area contributed by atoms with Gasteiger partial charge in [0.2, 0.25) is 0 Å². The summed E-state index contributed by atoms with van der Waals surface area (Å²) in [5.41, 5.74) is 4.79. The average molecular weight is 381 g/mol. The number of hydrogen-bond acceptors (Lipinski definition) is 5. The van der Waals surface area contributed by atoms with Crippen LogP contribution >= 0.6 is 0 Å². The molecule has 0 unspecified atom stereocenters. The first-order valence-electron chi connectivity index (χ1n) is 9.47. The number of fused-ring (bicyclic) bond motifs is 1. The molecule has 2 aromatic rings. The number of anilines is 2. The Morgan fingerprint density at radius 2 is 1.86 bits per heavy atom. The number of nitrogens with one attached hydrogen (secondary N) is 1. The molecule has 0 fully saturated rings. The monoisotopic (exact) mass is 381 g/mol. The van der Waals surface area contributed by atoms with Gasteiger partial charge in [0.25, 0.3) is 5.91 Å². The molecule has 1 aliphatic heterocycles. The van der Waals surface area contributed by atoms with Crippen molar-refractivity contribution in [2.75, 3.05) is 43.6 Å². The average Bonchev–Trinajstić information content (AvgIpc) is 3.11. The van der Waals surface area contributed by atoms with E-state index in [-0.39, 0.29) is 18.6 Å². The number of hydrogen-bond donors (Lipinski definition) is 1. The van der Waals surface area contributed by atoms with Crippen LogP contribution in [-0.4, -0.2) is 45.7 Å². The van der Waals surface area contributed by atoms with Gasteiger partial charge < -0.3 is 19.9 Å². The topological polar surface area (TPSA) is 61.9 Å². The quantitative estimate of drug-likeness (QED) is 0.747. The zero-order valence-electron chi connectivity index (χ0n) is 16.6. The van der Waals surface area contributed by atoms with Crippen LogP contribution in [0.2, 0.25) is 0 Å². The Labute approximate surface area is 166 Å². The first kappa shape index (κ1) is 19.7. The van der Waals surface area contributed by atoms with Crippen molar-refractivity contribution in [3.05, 3.63) is 59.7 Å². The molecule has 0 aliphatic carbocycles. The summed E-state index contributed by atoms with van der Waals surface area (Å²) in [6, 6.07) is 16.8. The van der Waals surface area contributed by atoms with Gasteiger partial charge in [0.15, 0.2) is 6.61 Å². The number of nitrogens with zero attached hydrogens (tertiary/aromatic N) is 2. The van der Waals surface area contributed by atoms with Crippen LogP contribution in [0.1, 0.15) is 24.1 Å². The number of rotatable bonds is 7. The maximum atomic E-state index is 12.1. The fourth-order valence-corrected chi connectivity index (χ4v) is 3.52. The number of carbonyl (C=O) groups excluding carboxylic acids is 2. The Balaban J connectivity index is 1.80. The van der Waals surface area contributed by atoms with Crippen LogP contribution in [0, 0.1) is 0 Å². The highest BCUT2D eigenvalue weighted by molar-refractivity contribution is 5.80. The summed E-state index contributed by atoms with van der Waals surface area (Å²) in [6.07, 6.45) is 0.990. The second kappa shape index (κ2) is 8.78. The van der Waals surface area contributed by atoms with Gasteiger partial charge in [0.05, 0.1) is 6.04 Å². The van der Waals surface area contributed by atoms with Crippen LogP contribution in [0.3, 0.4) is 0 Å². The van der Waals surface area contributed by atoms with E-state index in [0.29, 0.717) is 6.54 Å². The molecule has 28 heavy (non-hydrogen) atoms. The van der Waals surface area contributed by atoms with E-state index in [1.54, 1.807) is 0 Å². The molecule has 6 heteroatoms. The lowest BCUT2D eigenvalue weighted by molar-refractivity contribution is -0.146. The lowest BCUT2D eigenvalue weighted by Crippen LogP contribution is -2.39. The maximum absolute atomic E-state index is 12.1. The normalized spacial score (nSPS) is 13.6. The molecule has 0 spiro atoms. The van der Waals surface area contributed by atoms with Crippen molar-refractivity contribution in [2.24, 2.45) is 0 Å². The van der Waals surface area contributed by atoms with Gasteiger partial charge in [-0.25, -0.2) is 0 Å². The summed E-state index contributed by atoms with van der Waals surface area (Å²) >= 11 is 0. The molecule has 148 valence electrons. The predicted octanol–water partition coefficient (Wildman–Crippen LogP) is 2.54. The fraction of sp³-hybridized carbons (Fsp3) is 0.364. The molecular weight excluding hydrogens is 354 g/mol. The van der Waals surface area contributed by atoms with Crippen molar-refractivity contribution in [1.29, 1.82) is 0 Å². The summed E-state index contributed by atoms with van der Waals surface area (Å²) in [7, 11) is 4.02. The van der Waals surface area contributed by atoms with Crippen LogP contribution < -0.4 is 15.1 Å². The van der Waals surface area contributed by atoms with E-state index < -0.39 is 5.97 Å². The van der Waals surface area contributed by atoms with Gasteiger partial charge in [-0.1, -0.05) is 30.3 Å². The SMILES string of the molecule is CC(=O)OCC(=O)NC[C@@H](c1ccc(N(C)C)cc1)N1CCc2ccccc21. The highest BCUT2D eigenvalue weighted by Gasteiger charge is 2.27. The van der Waals surface area contributed by atoms with E-state index in [0.717, 1.165) is 24.2 Å². The molecule has 6 nitrogen and oxygen atoms in total. The molecule has 0 bridgehead atoms. The summed E-state index contributed by atoms with van der Waals surface area (Å²) in [5.74, 6) is -0.753. The van der Waals surface area contributed by atoms with Gasteiger partial charge in [-0.05, 0) is 35.7 Å². The summed E-state index contributed by atoms with van der Waals surface area (Å²) in [4.78, 5) is 27.4. The molecule has 0 aromatic heterocycles. The Bertz CT molecular complexity index is 833. The van der Waals surface area contributed by atoms with E-state index in [9.17, 15) is 9.59 Å². The molecule has 3 rings (SSSR count). The van der Waals surface area contributed by atoms with E-state index in [1.165, 1.54) is 18.2 Å². The Morgan fingerprint density at radius 1 is 1.14 bits per heavy atom. The van der Waals surface area contributed by atoms with E-state index in [4.69, 9.17) is 4.74 Å². The smallest absolute Gasteiger partial charge is 0.303 e. The van der Waals surface area contributed by atoms with Crippen molar-refractivity contribution in [1.82, 2.24) is 5.32 Å². The fourth-order valence-electron chi connectivity index (χ4n) is 3.52. The molecule has 2 aromatic carbocycles. The first-order chi connectivity index (χ1) is 13.5. The zero-order chi connectivity index (χ0) is 20.1. The molecule has 1 amide bonds. The van der Waals surface area contributed by atoms with Gasteiger partial charge in [-0.2, -0.15) is 0 Å². The maximum Gasteiger partial charge on any atom is 0.303 e. The second-order valence-electron chi connectivity index (χ2n) is 7.16. The van der Waals surface area contributed by atoms with Gasteiger partial charge in [0, 0.05) is 45.5 Å². The van der Waals surface area contributed by atoms with Crippen molar-refractivity contribution in [3.63, 3.8) is 0 Å². The van der Waals surface area contributed by atoms with E-state index in [2.05, 4.69) is 57.6 Å². The molecule has 1 aliphatic rings. The minimum atomic E-state index is -0.459. The summed E-state index contributed by atoms with van der Waals surface area (Å²) in [5, 5.41) is 2.91. The number of ether oxygens (including phenoxy) is 1. The molecule has 1 heterocycles. The van der Waals surface area contributed by atoms with Gasteiger partial charge in [0.1, 0.15) is 0 Å². The summed E-state index contributed by atoms with van der Waals surface area (Å²) in [6.45, 7) is 2.39. The van der Waals surface area contributed by atoms with Crippen molar-refractivity contribution in [2.45, 2.75) is 19.4 Å². The highest BCUT2D eigenvalue weighted by atomic mass is 16.5. The van der Waals surface area contributed by atoms with Crippen molar-refractivity contribution in [3.8, 4) is 0 Å². The molecule has 0 saturated heterocycles. The largest absolute Gasteiger partial charge is 0.456 e. The minimum Gasteiger partial charge on any atom is -0.456 e. The van der Waals surface area contributed by atoms with Gasteiger partial charge in [-0.15, -0.1) is 0 Å². The Hall–Kier alpha value is -3.02. The Kier molecular flexibility index (Phi) is 6.19. The first-order valence-corrected chi connectivity index (χ1v) is 9.47. The van der Waals surface area contributed by atoms with Gasteiger partial charge in [-0.3, -0.25) is 9.59 Å². The van der Waals surface area contributed by atoms with E-state index >= 15 is 0 Å². The van der Waals surface area contributed by atoms with E-state index in [1.807, 2.05) is 20.2 Å².